The van der Waals surface area contributed by atoms with E-state index in [9.17, 15) is 18.0 Å². The third-order valence-corrected chi connectivity index (χ3v) is 6.00. The van der Waals surface area contributed by atoms with E-state index in [1.54, 1.807) is 10.6 Å². The Bertz CT molecular complexity index is 1030. The lowest BCUT2D eigenvalue weighted by Gasteiger charge is -2.30. The van der Waals surface area contributed by atoms with Gasteiger partial charge in [-0.15, -0.1) is 0 Å². The van der Waals surface area contributed by atoms with Gasteiger partial charge >= 0.3 is 5.69 Å². The molecule has 0 N–H and O–H groups in total. The maximum absolute atomic E-state index is 14.5. The van der Waals surface area contributed by atoms with Crippen LogP contribution >= 0.6 is 0 Å². The van der Waals surface area contributed by atoms with E-state index in [-0.39, 0.29) is 30.5 Å². The van der Waals surface area contributed by atoms with Gasteiger partial charge in [0.05, 0.1) is 32.5 Å². The number of anilines is 1. The number of alkyl halides is 1. The summed E-state index contributed by atoms with van der Waals surface area (Å²) in [5, 5.41) is 0. The largest absolute Gasteiger partial charge is 0.481 e. The summed E-state index contributed by atoms with van der Waals surface area (Å²) in [6.45, 7) is 1.50. The van der Waals surface area contributed by atoms with Gasteiger partial charge in [-0.2, -0.15) is 4.98 Å². The molecule has 1 saturated carbocycles. The van der Waals surface area contributed by atoms with Crippen LogP contribution in [-0.2, 0) is 17.9 Å². The molecule has 3 aliphatic rings. The second-order valence-electron chi connectivity index (χ2n) is 8.17. The predicted molar refractivity (Wildman–Crippen MR) is 104 cm³/mol. The van der Waals surface area contributed by atoms with Crippen LogP contribution in [-0.4, -0.2) is 47.6 Å². The molecule has 0 unspecified atom stereocenters. The summed E-state index contributed by atoms with van der Waals surface area (Å²) in [5.74, 6) is -1.46. The fraction of sp³-hybridized carbons (Fsp3) is 0.524. The molecule has 166 valence electrons. The zero-order chi connectivity index (χ0) is 21.6. The Kier molecular flexibility index (Phi) is 5.04. The van der Waals surface area contributed by atoms with E-state index >= 15 is 0 Å². The van der Waals surface area contributed by atoms with E-state index in [0.29, 0.717) is 45.0 Å². The molecule has 1 aromatic carbocycles. The van der Waals surface area contributed by atoms with Gasteiger partial charge in [-0.3, -0.25) is 8.96 Å². The van der Waals surface area contributed by atoms with Gasteiger partial charge in [0.2, 0.25) is 5.88 Å². The summed E-state index contributed by atoms with van der Waals surface area (Å²) in [5.41, 5.74) is -1.02. The van der Waals surface area contributed by atoms with E-state index < -0.39 is 35.3 Å². The highest BCUT2D eigenvalue weighted by molar-refractivity contribution is 5.47. The second kappa shape index (κ2) is 7.74. The number of aromatic nitrogens is 2. The summed E-state index contributed by atoms with van der Waals surface area (Å²) in [6.07, 6.45) is 1.26. The number of nitrogens with zero attached hydrogens (tertiary/aromatic N) is 3. The number of rotatable bonds is 7. The van der Waals surface area contributed by atoms with Crippen molar-refractivity contribution in [1.82, 2.24) is 9.55 Å². The molecule has 2 aliphatic heterocycles. The number of hydrogen-bond donors (Lipinski definition) is 0. The Labute approximate surface area is 176 Å². The van der Waals surface area contributed by atoms with E-state index in [1.165, 1.54) is 0 Å². The summed E-state index contributed by atoms with van der Waals surface area (Å²) in [4.78, 5) is 18.4. The monoisotopic (exact) mass is 437 g/mol. The van der Waals surface area contributed by atoms with Gasteiger partial charge in [0.15, 0.2) is 17.4 Å². The number of halogens is 3. The first-order chi connectivity index (χ1) is 15.0. The molecule has 10 heteroatoms. The van der Waals surface area contributed by atoms with Crippen molar-refractivity contribution < 1.29 is 27.4 Å². The van der Waals surface area contributed by atoms with Crippen molar-refractivity contribution in [3.63, 3.8) is 0 Å². The fourth-order valence-electron chi connectivity index (χ4n) is 4.16. The minimum Gasteiger partial charge on any atom is -0.481 e. The van der Waals surface area contributed by atoms with Crippen LogP contribution in [0.5, 0.6) is 11.6 Å². The molecular formula is C21H22F3N3O4. The van der Waals surface area contributed by atoms with Crippen molar-refractivity contribution in [2.75, 3.05) is 31.3 Å². The Morgan fingerprint density at radius 2 is 2.00 bits per heavy atom. The molecule has 7 nitrogen and oxygen atoms in total. The van der Waals surface area contributed by atoms with E-state index in [0.717, 1.165) is 12.1 Å². The summed E-state index contributed by atoms with van der Waals surface area (Å²) >= 11 is 0. The molecule has 1 atom stereocenters. The topological polar surface area (TPSA) is 65.8 Å². The Balaban J connectivity index is 1.31. The molecule has 0 radical (unpaired) electrons. The standard InChI is InChI=1S/C21H22F3N3O4/c22-4-3-21(1-2-21)31-19-15(23)7-13(8-16(19)24)11-30-17-9-18-26-5-6-29-12-14(26)10-27(18)20(28)25-17/h7-9,14H,1-6,10-12H2/t14-/m0/s1. The first-order valence-electron chi connectivity index (χ1n) is 10.3. The molecule has 1 aliphatic carbocycles. The van der Waals surface area contributed by atoms with Crippen LogP contribution < -0.4 is 20.1 Å². The molecule has 2 fully saturated rings. The average Bonchev–Trinajstić information content (AvgIpc) is 3.40. The summed E-state index contributed by atoms with van der Waals surface area (Å²) in [7, 11) is 0. The Morgan fingerprint density at radius 3 is 2.71 bits per heavy atom. The number of ether oxygens (including phenoxy) is 3. The number of fused-ring (bicyclic) bond motifs is 3. The van der Waals surface area contributed by atoms with E-state index in [1.807, 2.05) is 0 Å². The maximum Gasteiger partial charge on any atom is 0.352 e. The highest BCUT2D eigenvalue weighted by Gasteiger charge is 2.46. The van der Waals surface area contributed by atoms with Crippen LogP contribution in [0.4, 0.5) is 19.0 Å². The van der Waals surface area contributed by atoms with E-state index in [4.69, 9.17) is 14.2 Å². The van der Waals surface area contributed by atoms with Gasteiger partial charge in [-0.25, -0.2) is 13.6 Å². The number of morpholine rings is 1. The van der Waals surface area contributed by atoms with Crippen molar-refractivity contribution in [2.45, 2.75) is 44.1 Å². The predicted octanol–water partition coefficient (Wildman–Crippen LogP) is 2.59. The third-order valence-electron chi connectivity index (χ3n) is 6.00. The van der Waals surface area contributed by atoms with Gasteiger partial charge < -0.3 is 19.1 Å². The SMILES string of the molecule is O=c1nc(OCc2cc(F)c(OC3(CCF)CC3)c(F)c2)cc2n1C[C@H]1COCCN21. The van der Waals surface area contributed by atoms with Crippen LogP contribution in [0.2, 0.25) is 0 Å². The molecule has 2 aromatic rings. The zero-order valence-corrected chi connectivity index (χ0v) is 16.8. The van der Waals surface area contributed by atoms with Crippen molar-refractivity contribution in [3.05, 3.63) is 45.9 Å². The summed E-state index contributed by atoms with van der Waals surface area (Å²) < 4.78 is 59.6. The highest BCUT2D eigenvalue weighted by atomic mass is 19.1. The van der Waals surface area contributed by atoms with Crippen molar-refractivity contribution >= 4 is 5.82 Å². The molecule has 5 rings (SSSR count). The van der Waals surface area contributed by atoms with Gasteiger partial charge in [0.1, 0.15) is 18.0 Å². The molecule has 1 saturated heterocycles. The van der Waals surface area contributed by atoms with Crippen molar-refractivity contribution in [1.29, 1.82) is 0 Å². The molecule has 0 bridgehead atoms. The van der Waals surface area contributed by atoms with Crippen LogP contribution in [0.15, 0.2) is 23.0 Å². The lowest BCUT2D eigenvalue weighted by atomic mass is 10.2. The molecule has 0 amide bonds. The van der Waals surface area contributed by atoms with Crippen molar-refractivity contribution in [2.24, 2.45) is 0 Å². The van der Waals surface area contributed by atoms with Crippen LogP contribution in [0.3, 0.4) is 0 Å². The van der Waals surface area contributed by atoms with Crippen LogP contribution in [0.1, 0.15) is 24.8 Å². The minimum absolute atomic E-state index is 0.0846. The van der Waals surface area contributed by atoms with Crippen LogP contribution in [0, 0.1) is 11.6 Å². The van der Waals surface area contributed by atoms with Gasteiger partial charge in [-0.1, -0.05) is 0 Å². The van der Waals surface area contributed by atoms with Gasteiger partial charge in [-0.05, 0) is 30.5 Å². The smallest absolute Gasteiger partial charge is 0.352 e. The average molecular weight is 437 g/mol. The van der Waals surface area contributed by atoms with Gasteiger partial charge in [0.25, 0.3) is 0 Å². The fourth-order valence-corrected chi connectivity index (χ4v) is 4.16. The Morgan fingerprint density at radius 1 is 1.23 bits per heavy atom. The highest BCUT2D eigenvalue weighted by Crippen LogP contribution is 2.44. The lowest BCUT2D eigenvalue weighted by Crippen LogP contribution is -2.43. The van der Waals surface area contributed by atoms with Crippen molar-refractivity contribution in [3.8, 4) is 11.6 Å². The molecule has 1 aromatic heterocycles. The minimum atomic E-state index is -0.873. The maximum atomic E-state index is 14.5. The molecule has 3 heterocycles. The normalized spacial score (nSPS) is 20.9. The Hall–Kier alpha value is -2.75. The molecular weight excluding hydrogens is 415 g/mol. The van der Waals surface area contributed by atoms with Gasteiger partial charge in [0, 0.05) is 19.0 Å². The second-order valence-corrected chi connectivity index (χ2v) is 8.17. The van der Waals surface area contributed by atoms with E-state index in [2.05, 4.69) is 9.88 Å². The number of benzene rings is 1. The lowest BCUT2D eigenvalue weighted by molar-refractivity contribution is 0.0956. The van der Waals surface area contributed by atoms with Crippen LogP contribution in [0.25, 0.3) is 0 Å². The number of hydrogen-bond acceptors (Lipinski definition) is 6. The zero-order valence-electron chi connectivity index (χ0n) is 16.8. The molecule has 31 heavy (non-hydrogen) atoms. The first kappa shape index (κ1) is 20.2. The first-order valence-corrected chi connectivity index (χ1v) is 10.3. The molecule has 0 spiro atoms. The summed E-state index contributed by atoms with van der Waals surface area (Å²) in [6, 6.07) is 3.97. The third kappa shape index (κ3) is 3.84. The quantitative estimate of drug-likeness (QED) is 0.664.